The maximum atomic E-state index is 13.0. The van der Waals surface area contributed by atoms with Crippen LogP contribution in [0.5, 0.6) is 0 Å². The fourth-order valence-corrected chi connectivity index (χ4v) is 4.35. The van der Waals surface area contributed by atoms with E-state index in [9.17, 15) is 13.2 Å². The maximum Gasteiger partial charge on any atom is 0.244 e. The summed E-state index contributed by atoms with van der Waals surface area (Å²) in [5.41, 5.74) is 0.892. The van der Waals surface area contributed by atoms with Gasteiger partial charge in [-0.15, -0.1) is 0 Å². The molecule has 0 aromatic carbocycles. The van der Waals surface area contributed by atoms with Crippen LogP contribution in [-0.4, -0.2) is 66.8 Å². The maximum absolute atomic E-state index is 13.0. The molecule has 1 amide bonds. The highest BCUT2D eigenvalue weighted by Crippen LogP contribution is 2.27. The third kappa shape index (κ3) is 3.30. The molecule has 0 aliphatic carbocycles. The molecule has 22 heavy (non-hydrogen) atoms. The van der Waals surface area contributed by atoms with E-state index in [4.69, 9.17) is 0 Å². The topological polar surface area (TPSA) is 70.6 Å². The number of nitrogens with zero attached hydrogens (tertiary/aromatic N) is 3. The van der Waals surface area contributed by atoms with Gasteiger partial charge in [0.25, 0.3) is 0 Å². The lowest BCUT2D eigenvalue weighted by Gasteiger charge is -2.34. The third-order valence-electron chi connectivity index (χ3n) is 4.40. The predicted octanol–water partition coefficient (Wildman–Crippen LogP) is 0.476. The van der Waals surface area contributed by atoms with Crippen molar-refractivity contribution in [2.75, 3.05) is 37.7 Å². The first kappa shape index (κ1) is 15.4. The highest BCUT2D eigenvalue weighted by molar-refractivity contribution is 7.91. The van der Waals surface area contributed by atoms with Crippen LogP contribution in [0.25, 0.3) is 0 Å². The Hall–Kier alpha value is -1.47. The van der Waals surface area contributed by atoms with Gasteiger partial charge in [-0.05, 0) is 37.6 Å². The minimum Gasteiger partial charge on any atom is -0.339 e. The van der Waals surface area contributed by atoms with E-state index in [2.05, 4.69) is 9.88 Å². The second kappa shape index (κ2) is 6.34. The molecule has 0 bridgehead atoms. The summed E-state index contributed by atoms with van der Waals surface area (Å²) in [6, 6.07) is 3.43. The number of hydrogen-bond donors (Lipinski definition) is 0. The fourth-order valence-electron chi connectivity index (χ4n) is 3.15. The summed E-state index contributed by atoms with van der Waals surface area (Å²) < 4.78 is 23.1. The smallest absolute Gasteiger partial charge is 0.244 e. The van der Waals surface area contributed by atoms with Crippen LogP contribution in [-0.2, 0) is 14.6 Å². The van der Waals surface area contributed by atoms with Crippen LogP contribution in [0.3, 0.4) is 0 Å². The molecule has 0 saturated carbocycles. The number of aromatic nitrogens is 1. The number of amides is 1. The molecule has 1 unspecified atom stereocenters. The fraction of sp³-hybridized carbons (Fsp3) is 0.600. The number of hydrogen-bond acceptors (Lipinski definition) is 5. The van der Waals surface area contributed by atoms with Crippen molar-refractivity contribution in [3.63, 3.8) is 0 Å². The Morgan fingerprint density at radius 2 is 1.82 bits per heavy atom. The number of carbonyl (C=O) groups is 1. The van der Waals surface area contributed by atoms with Crippen molar-refractivity contribution in [1.29, 1.82) is 0 Å². The van der Waals surface area contributed by atoms with Gasteiger partial charge in [-0.2, -0.15) is 0 Å². The normalized spacial score (nSPS) is 23.4. The van der Waals surface area contributed by atoms with Gasteiger partial charge in [-0.1, -0.05) is 6.07 Å². The van der Waals surface area contributed by atoms with E-state index in [1.807, 2.05) is 12.1 Å². The molecule has 2 fully saturated rings. The lowest BCUT2D eigenvalue weighted by molar-refractivity contribution is -0.136. The van der Waals surface area contributed by atoms with Gasteiger partial charge in [-0.3, -0.25) is 14.7 Å². The largest absolute Gasteiger partial charge is 0.339 e. The quantitative estimate of drug-likeness (QED) is 0.809. The molecule has 1 aromatic rings. The molecule has 3 heterocycles. The first-order valence-electron chi connectivity index (χ1n) is 7.70. The molecule has 3 rings (SSSR count). The predicted molar refractivity (Wildman–Crippen MR) is 83.0 cm³/mol. The summed E-state index contributed by atoms with van der Waals surface area (Å²) in [7, 11) is -2.98. The number of carbonyl (C=O) groups excluding carboxylic acids is 1. The molecule has 1 atom stereocenters. The molecular formula is C15H21N3O3S. The Morgan fingerprint density at radius 1 is 1.14 bits per heavy atom. The van der Waals surface area contributed by atoms with E-state index in [0.717, 1.165) is 31.5 Å². The van der Waals surface area contributed by atoms with Gasteiger partial charge < -0.3 is 4.90 Å². The molecule has 0 N–H and O–H groups in total. The molecule has 0 spiro atoms. The van der Waals surface area contributed by atoms with Crippen LogP contribution in [0.2, 0.25) is 0 Å². The van der Waals surface area contributed by atoms with Crippen LogP contribution in [0, 0.1) is 0 Å². The second-order valence-electron chi connectivity index (χ2n) is 5.91. The second-order valence-corrected chi connectivity index (χ2v) is 8.21. The molecule has 120 valence electrons. The molecule has 0 radical (unpaired) electrons. The van der Waals surface area contributed by atoms with E-state index in [0.29, 0.717) is 13.1 Å². The average molecular weight is 323 g/mol. The third-order valence-corrected chi connectivity index (χ3v) is 6.01. The Morgan fingerprint density at radius 3 is 2.41 bits per heavy atom. The summed E-state index contributed by atoms with van der Waals surface area (Å²) in [5, 5.41) is 0. The van der Waals surface area contributed by atoms with Gasteiger partial charge in [0, 0.05) is 25.5 Å². The lowest BCUT2D eigenvalue weighted by atomic mass is 10.1. The van der Waals surface area contributed by atoms with E-state index in [-0.39, 0.29) is 23.5 Å². The summed E-state index contributed by atoms with van der Waals surface area (Å²) >= 11 is 0. The standard InChI is InChI=1S/C15H21N3O3S/c19-15(18-8-10-22(20,21)11-9-18)14(17-6-1-2-7-17)13-4-3-5-16-12-13/h3-5,12,14H,1-2,6-11H2. The van der Waals surface area contributed by atoms with Crippen LogP contribution in [0.1, 0.15) is 24.4 Å². The SMILES string of the molecule is O=C(C(c1cccnc1)N1CCCC1)N1CCS(=O)(=O)CC1. The first-order chi connectivity index (χ1) is 10.6. The number of sulfone groups is 1. The summed E-state index contributed by atoms with van der Waals surface area (Å²) in [5.74, 6) is 0.140. The zero-order valence-corrected chi connectivity index (χ0v) is 13.3. The van der Waals surface area contributed by atoms with Crippen LogP contribution >= 0.6 is 0 Å². The first-order valence-corrected chi connectivity index (χ1v) is 9.52. The van der Waals surface area contributed by atoms with Crippen LogP contribution < -0.4 is 0 Å². The van der Waals surface area contributed by atoms with Crippen molar-refractivity contribution in [3.8, 4) is 0 Å². The van der Waals surface area contributed by atoms with Crippen molar-refractivity contribution >= 4 is 15.7 Å². The van der Waals surface area contributed by atoms with Gasteiger partial charge in [0.05, 0.1) is 11.5 Å². The van der Waals surface area contributed by atoms with Gasteiger partial charge in [-0.25, -0.2) is 8.42 Å². The summed E-state index contributed by atoms with van der Waals surface area (Å²) in [4.78, 5) is 21.0. The van der Waals surface area contributed by atoms with Crippen LogP contribution in [0.4, 0.5) is 0 Å². The average Bonchev–Trinajstić information content (AvgIpc) is 3.02. The summed E-state index contributed by atoms with van der Waals surface area (Å²) in [6.45, 7) is 2.40. The highest BCUT2D eigenvalue weighted by Gasteiger charge is 2.35. The van der Waals surface area contributed by atoms with Crippen molar-refractivity contribution in [1.82, 2.24) is 14.8 Å². The molecule has 1 aromatic heterocycles. The molecular weight excluding hydrogens is 302 g/mol. The minimum absolute atomic E-state index is 0.00444. The molecule has 2 saturated heterocycles. The van der Waals surface area contributed by atoms with Gasteiger partial charge in [0.15, 0.2) is 9.84 Å². The molecule has 2 aliphatic rings. The van der Waals surface area contributed by atoms with Crippen molar-refractivity contribution in [3.05, 3.63) is 30.1 Å². The van der Waals surface area contributed by atoms with Gasteiger partial charge in [0.2, 0.25) is 5.91 Å². The highest BCUT2D eigenvalue weighted by atomic mass is 32.2. The Balaban J connectivity index is 1.81. The Bertz CT molecular complexity index is 613. The Labute approximate surface area is 131 Å². The van der Waals surface area contributed by atoms with Gasteiger partial charge >= 0.3 is 0 Å². The minimum atomic E-state index is -2.98. The van der Waals surface area contributed by atoms with Crippen molar-refractivity contribution in [2.45, 2.75) is 18.9 Å². The van der Waals surface area contributed by atoms with E-state index < -0.39 is 9.84 Å². The monoisotopic (exact) mass is 323 g/mol. The van der Waals surface area contributed by atoms with E-state index in [1.54, 1.807) is 17.3 Å². The molecule has 2 aliphatic heterocycles. The van der Waals surface area contributed by atoms with E-state index in [1.165, 1.54) is 0 Å². The molecule has 7 heteroatoms. The zero-order chi connectivity index (χ0) is 15.6. The number of rotatable bonds is 3. The van der Waals surface area contributed by atoms with Crippen molar-refractivity contribution in [2.24, 2.45) is 0 Å². The zero-order valence-electron chi connectivity index (χ0n) is 12.5. The molecule has 6 nitrogen and oxygen atoms in total. The lowest BCUT2D eigenvalue weighted by Crippen LogP contribution is -2.48. The summed E-state index contributed by atoms with van der Waals surface area (Å²) in [6.07, 6.45) is 5.63. The van der Waals surface area contributed by atoms with Crippen LogP contribution in [0.15, 0.2) is 24.5 Å². The van der Waals surface area contributed by atoms with E-state index >= 15 is 0 Å². The van der Waals surface area contributed by atoms with Crippen molar-refractivity contribution < 1.29 is 13.2 Å². The number of pyridine rings is 1. The number of likely N-dealkylation sites (tertiary alicyclic amines) is 1. The van der Waals surface area contributed by atoms with Gasteiger partial charge in [0.1, 0.15) is 6.04 Å². The Kier molecular flexibility index (Phi) is 4.44.